The van der Waals surface area contributed by atoms with E-state index in [-0.39, 0.29) is 12.3 Å². The first-order valence-corrected chi connectivity index (χ1v) is 5.22. The Morgan fingerprint density at radius 2 is 2.20 bits per heavy atom. The van der Waals surface area contributed by atoms with E-state index in [0.29, 0.717) is 5.92 Å². The van der Waals surface area contributed by atoms with Crippen LogP contribution in [0.5, 0.6) is 0 Å². The van der Waals surface area contributed by atoms with Gasteiger partial charge in [-0.3, -0.25) is 9.78 Å². The van der Waals surface area contributed by atoms with Crippen LogP contribution in [0.3, 0.4) is 0 Å². The summed E-state index contributed by atoms with van der Waals surface area (Å²) in [7, 11) is 0. The molecule has 0 saturated heterocycles. The topological polar surface area (TPSA) is 50.2 Å². The van der Waals surface area contributed by atoms with Gasteiger partial charge in [0, 0.05) is 17.8 Å². The highest BCUT2D eigenvalue weighted by atomic mass is 16.4. The predicted octanol–water partition coefficient (Wildman–Crippen LogP) is 2.69. The zero-order valence-electron chi connectivity index (χ0n) is 9.18. The minimum atomic E-state index is -0.758. The van der Waals surface area contributed by atoms with Crippen LogP contribution in [-0.4, -0.2) is 16.1 Å². The van der Waals surface area contributed by atoms with Crippen molar-refractivity contribution in [3.63, 3.8) is 0 Å². The van der Waals surface area contributed by atoms with E-state index in [1.165, 1.54) is 0 Å². The summed E-state index contributed by atoms with van der Waals surface area (Å²) in [5.41, 5.74) is 0.883. The second-order valence-electron chi connectivity index (χ2n) is 4.18. The number of hydrogen-bond donors (Lipinski definition) is 1. The Labute approximate surface area is 90.2 Å². The molecule has 0 aromatic carbocycles. The van der Waals surface area contributed by atoms with Gasteiger partial charge in [-0.2, -0.15) is 0 Å². The lowest BCUT2D eigenvalue weighted by molar-refractivity contribution is -0.137. The Morgan fingerprint density at radius 1 is 1.47 bits per heavy atom. The van der Waals surface area contributed by atoms with Gasteiger partial charge in [0.25, 0.3) is 0 Å². The molecule has 3 heteroatoms. The summed E-state index contributed by atoms with van der Waals surface area (Å²) in [6, 6.07) is 5.64. The van der Waals surface area contributed by atoms with Crippen molar-refractivity contribution < 1.29 is 9.90 Å². The monoisotopic (exact) mass is 207 g/mol. The maximum Gasteiger partial charge on any atom is 0.304 e. The highest BCUT2D eigenvalue weighted by molar-refractivity contribution is 5.67. The van der Waals surface area contributed by atoms with Crippen molar-refractivity contribution in [1.29, 1.82) is 0 Å². The number of carboxylic acids is 1. The number of pyridine rings is 1. The highest BCUT2D eigenvalue weighted by Crippen LogP contribution is 2.25. The number of hydrogen-bond acceptors (Lipinski definition) is 2. The Balaban J connectivity index is 2.76. The standard InChI is InChI=1S/C12H17NO2/c1-9(2)7-10(8-12(14)15)11-5-3-4-6-13-11/h3-6,9-10H,7-8H2,1-2H3,(H,14,15)/t10-/m1/s1. The summed E-state index contributed by atoms with van der Waals surface area (Å²) in [5.74, 6) is -0.244. The Bertz CT molecular complexity index is 309. The van der Waals surface area contributed by atoms with E-state index in [1.54, 1.807) is 6.20 Å². The van der Waals surface area contributed by atoms with E-state index in [1.807, 2.05) is 18.2 Å². The first kappa shape index (κ1) is 11.7. The van der Waals surface area contributed by atoms with Crippen molar-refractivity contribution in [2.45, 2.75) is 32.6 Å². The van der Waals surface area contributed by atoms with Crippen LogP contribution >= 0.6 is 0 Å². The number of rotatable bonds is 5. The fraction of sp³-hybridized carbons (Fsp3) is 0.500. The van der Waals surface area contributed by atoms with Crippen molar-refractivity contribution in [2.24, 2.45) is 5.92 Å². The normalized spacial score (nSPS) is 12.7. The second-order valence-corrected chi connectivity index (χ2v) is 4.18. The second kappa shape index (κ2) is 5.49. The minimum absolute atomic E-state index is 0.0312. The summed E-state index contributed by atoms with van der Waals surface area (Å²) in [4.78, 5) is 15.0. The fourth-order valence-corrected chi connectivity index (χ4v) is 1.71. The first-order valence-electron chi connectivity index (χ1n) is 5.22. The molecule has 0 aliphatic rings. The third-order valence-electron chi connectivity index (χ3n) is 2.28. The van der Waals surface area contributed by atoms with Gasteiger partial charge in [0.05, 0.1) is 6.42 Å². The van der Waals surface area contributed by atoms with Gasteiger partial charge in [0.15, 0.2) is 0 Å². The van der Waals surface area contributed by atoms with Gasteiger partial charge >= 0.3 is 5.97 Å². The first-order chi connectivity index (χ1) is 7.09. The zero-order chi connectivity index (χ0) is 11.3. The van der Waals surface area contributed by atoms with Crippen LogP contribution in [0.15, 0.2) is 24.4 Å². The van der Waals surface area contributed by atoms with Gasteiger partial charge in [-0.15, -0.1) is 0 Å². The number of nitrogens with zero attached hydrogens (tertiary/aromatic N) is 1. The fourth-order valence-electron chi connectivity index (χ4n) is 1.71. The summed E-state index contributed by atoms with van der Waals surface area (Å²) in [6.07, 6.45) is 2.74. The van der Waals surface area contributed by atoms with E-state index in [4.69, 9.17) is 5.11 Å². The SMILES string of the molecule is CC(C)C[C@H](CC(=O)O)c1ccccn1. The minimum Gasteiger partial charge on any atom is -0.481 e. The van der Waals surface area contributed by atoms with Crippen LogP contribution in [-0.2, 0) is 4.79 Å². The van der Waals surface area contributed by atoms with E-state index < -0.39 is 5.97 Å². The van der Waals surface area contributed by atoms with Gasteiger partial charge in [-0.1, -0.05) is 19.9 Å². The average Bonchev–Trinajstić information content (AvgIpc) is 2.17. The molecule has 0 amide bonds. The van der Waals surface area contributed by atoms with Crippen molar-refractivity contribution in [3.05, 3.63) is 30.1 Å². The molecule has 0 aliphatic carbocycles. The third kappa shape index (κ3) is 4.11. The lowest BCUT2D eigenvalue weighted by Gasteiger charge is -2.16. The van der Waals surface area contributed by atoms with Crippen LogP contribution in [0, 0.1) is 5.92 Å². The van der Waals surface area contributed by atoms with Crippen LogP contribution in [0.1, 0.15) is 38.3 Å². The molecule has 3 nitrogen and oxygen atoms in total. The Hall–Kier alpha value is -1.38. The van der Waals surface area contributed by atoms with E-state index in [9.17, 15) is 4.79 Å². The largest absolute Gasteiger partial charge is 0.481 e. The summed E-state index contributed by atoms with van der Waals surface area (Å²) >= 11 is 0. The molecular weight excluding hydrogens is 190 g/mol. The van der Waals surface area contributed by atoms with Crippen LogP contribution in [0.2, 0.25) is 0 Å². The number of carbonyl (C=O) groups is 1. The quantitative estimate of drug-likeness (QED) is 0.807. The zero-order valence-corrected chi connectivity index (χ0v) is 9.18. The molecule has 15 heavy (non-hydrogen) atoms. The molecule has 0 unspecified atom stereocenters. The summed E-state index contributed by atoms with van der Waals surface area (Å²) < 4.78 is 0. The molecule has 82 valence electrons. The van der Waals surface area contributed by atoms with Gasteiger partial charge in [0.1, 0.15) is 0 Å². The maximum absolute atomic E-state index is 10.7. The lowest BCUT2D eigenvalue weighted by atomic mass is 9.91. The van der Waals surface area contributed by atoms with Gasteiger partial charge in [-0.05, 0) is 24.5 Å². The molecule has 1 N–H and O–H groups in total. The molecule has 1 heterocycles. The Kier molecular flexibility index (Phi) is 4.28. The molecule has 0 bridgehead atoms. The molecule has 0 fully saturated rings. The van der Waals surface area contributed by atoms with Crippen molar-refractivity contribution >= 4 is 5.97 Å². The number of aliphatic carboxylic acids is 1. The van der Waals surface area contributed by atoms with E-state index >= 15 is 0 Å². The molecule has 0 spiro atoms. The molecule has 0 aliphatic heterocycles. The van der Waals surface area contributed by atoms with Crippen LogP contribution < -0.4 is 0 Å². The lowest BCUT2D eigenvalue weighted by Crippen LogP contribution is -2.10. The molecule has 0 radical (unpaired) electrons. The van der Waals surface area contributed by atoms with E-state index in [0.717, 1.165) is 12.1 Å². The van der Waals surface area contributed by atoms with Gasteiger partial charge in [-0.25, -0.2) is 0 Å². The van der Waals surface area contributed by atoms with Crippen molar-refractivity contribution in [2.75, 3.05) is 0 Å². The number of carboxylic acid groups (broad SMARTS) is 1. The molecule has 1 aromatic rings. The van der Waals surface area contributed by atoms with Crippen molar-refractivity contribution in [1.82, 2.24) is 4.98 Å². The van der Waals surface area contributed by atoms with Gasteiger partial charge < -0.3 is 5.11 Å². The number of aromatic nitrogens is 1. The van der Waals surface area contributed by atoms with Crippen molar-refractivity contribution in [3.8, 4) is 0 Å². The molecule has 1 rings (SSSR count). The molecule has 1 aromatic heterocycles. The van der Waals surface area contributed by atoms with Crippen LogP contribution in [0.25, 0.3) is 0 Å². The van der Waals surface area contributed by atoms with E-state index in [2.05, 4.69) is 18.8 Å². The van der Waals surface area contributed by atoms with Crippen LogP contribution in [0.4, 0.5) is 0 Å². The average molecular weight is 207 g/mol. The molecule has 0 saturated carbocycles. The smallest absolute Gasteiger partial charge is 0.304 e. The Morgan fingerprint density at radius 3 is 2.67 bits per heavy atom. The summed E-state index contributed by atoms with van der Waals surface area (Å²) in [6.45, 7) is 4.19. The predicted molar refractivity (Wildman–Crippen MR) is 58.7 cm³/mol. The highest BCUT2D eigenvalue weighted by Gasteiger charge is 2.17. The third-order valence-corrected chi connectivity index (χ3v) is 2.28. The molecule has 1 atom stereocenters. The maximum atomic E-state index is 10.7. The van der Waals surface area contributed by atoms with Gasteiger partial charge in [0.2, 0.25) is 0 Å². The summed E-state index contributed by atoms with van der Waals surface area (Å²) in [5, 5.41) is 8.83. The molecular formula is C12H17NO2.